The van der Waals surface area contributed by atoms with Gasteiger partial charge in [-0.1, -0.05) is 22.0 Å². The highest BCUT2D eigenvalue weighted by Gasteiger charge is 2.31. The first-order chi connectivity index (χ1) is 10.1. The van der Waals surface area contributed by atoms with Gasteiger partial charge in [0.1, 0.15) is 17.1 Å². The summed E-state index contributed by atoms with van der Waals surface area (Å²) in [5.41, 5.74) is 0.463. The predicted molar refractivity (Wildman–Crippen MR) is 83.6 cm³/mol. The summed E-state index contributed by atoms with van der Waals surface area (Å²) in [4.78, 5) is 14.7. The molecule has 0 aromatic heterocycles. The van der Waals surface area contributed by atoms with Crippen LogP contribution in [0.5, 0.6) is 11.5 Å². The molecule has 1 aromatic rings. The lowest BCUT2D eigenvalue weighted by molar-refractivity contribution is -0.0560. The SMILES string of the molecule is COc1cccc(OC)c1C(=O)N1CC(C)OC(CBr)C1. The van der Waals surface area contributed by atoms with Crippen LogP contribution in [0.3, 0.4) is 0 Å². The van der Waals surface area contributed by atoms with Gasteiger partial charge in [0, 0.05) is 18.4 Å². The number of hydrogen-bond donors (Lipinski definition) is 0. The maximum absolute atomic E-state index is 12.9. The van der Waals surface area contributed by atoms with E-state index in [4.69, 9.17) is 14.2 Å². The minimum Gasteiger partial charge on any atom is -0.496 e. The fourth-order valence-corrected chi connectivity index (χ4v) is 2.87. The van der Waals surface area contributed by atoms with Gasteiger partial charge in [-0.3, -0.25) is 4.79 Å². The molecule has 0 radical (unpaired) electrons. The predicted octanol–water partition coefficient (Wildman–Crippen LogP) is 2.33. The number of amides is 1. The van der Waals surface area contributed by atoms with E-state index in [1.54, 1.807) is 37.3 Å². The second kappa shape index (κ2) is 7.13. The van der Waals surface area contributed by atoms with Gasteiger partial charge in [-0.2, -0.15) is 0 Å². The number of carbonyl (C=O) groups is 1. The van der Waals surface area contributed by atoms with Gasteiger partial charge in [-0.05, 0) is 19.1 Å². The summed E-state index contributed by atoms with van der Waals surface area (Å²) in [5, 5.41) is 0.699. The molecule has 2 unspecified atom stereocenters. The molecule has 6 heteroatoms. The van der Waals surface area contributed by atoms with Crippen LogP contribution in [0, 0.1) is 0 Å². The number of alkyl halides is 1. The molecule has 1 aliphatic rings. The summed E-state index contributed by atoms with van der Waals surface area (Å²) in [6.07, 6.45) is 0.00403. The molecule has 0 aliphatic carbocycles. The van der Waals surface area contributed by atoms with Crippen LogP contribution in [0.25, 0.3) is 0 Å². The molecule has 1 saturated heterocycles. The largest absolute Gasteiger partial charge is 0.496 e. The average Bonchev–Trinajstić information content (AvgIpc) is 2.52. The molecular weight excluding hydrogens is 338 g/mol. The van der Waals surface area contributed by atoms with E-state index in [9.17, 15) is 4.79 Å². The third-order valence-electron chi connectivity index (χ3n) is 3.43. The molecule has 116 valence electrons. The van der Waals surface area contributed by atoms with E-state index < -0.39 is 0 Å². The smallest absolute Gasteiger partial charge is 0.261 e. The van der Waals surface area contributed by atoms with Crippen molar-refractivity contribution >= 4 is 21.8 Å². The highest BCUT2D eigenvalue weighted by atomic mass is 79.9. The number of methoxy groups -OCH3 is 2. The lowest BCUT2D eigenvalue weighted by atomic mass is 10.1. The summed E-state index contributed by atoms with van der Waals surface area (Å²) in [6.45, 7) is 3.08. The van der Waals surface area contributed by atoms with Crippen LogP contribution in [0.1, 0.15) is 17.3 Å². The van der Waals surface area contributed by atoms with E-state index in [1.165, 1.54) is 0 Å². The van der Waals surface area contributed by atoms with Crippen LogP contribution >= 0.6 is 15.9 Å². The Bertz CT molecular complexity index is 486. The maximum atomic E-state index is 12.9. The van der Waals surface area contributed by atoms with Crippen LogP contribution < -0.4 is 9.47 Å². The van der Waals surface area contributed by atoms with Crippen molar-refractivity contribution in [2.45, 2.75) is 19.1 Å². The van der Waals surface area contributed by atoms with Crippen molar-refractivity contribution in [3.8, 4) is 11.5 Å². The van der Waals surface area contributed by atoms with E-state index in [-0.39, 0.29) is 18.1 Å². The summed E-state index contributed by atoms with van der Waals surface area (Å²) < 4.78 is 16.4. The van der Waals surface area contributed by atoms with Crippen LogP contribution in [-0.4, -0.2) is 55.7 Å². The van der Waals surface area contributed by atoms with Gasteiger partial charge in [0.15, 0.2) is 0 Å². The number of benzene rings is 1. The molecule has 1 amide bonds. The van der Waals surface area contributed by atoms with E-state index in [0.717, 1.165) is 0 Å². The van der Waals surface area contributed by atoms with Gasteiger partial charge >= 0.3 is 0 Å². The van der Waals surface area contributed by atoms with E-state index >= 15 is 0 Å². The zero-order chi connectivity index (χ0) is 15.4. The summed E-state index contributed by atoms with van der Waals surface area (Å²) in [7, 11) is 3.10. The Kier molecular flexibility index (Phi) is 5.47. The first-order valence-electron chi connectivity index (χ1n) is 6.82. The van der Waals surface area contributed by atoms with Crippen LogP contribution in [0.2, 0.25) is 0 Å². The maximum Gasteiger partial charge on any atom is 0.261 e. The topological polar surface area (TPSA) is 48.0 Å². The van der Waals surface area contributed by atoms with Crippen LogP contribution in [0.15, 0.2) is 18.2 Å². The van der Waals surface area contributed by atoms with Crippen molar-refractivity contribution in [1.29, 1.82) is 0 Å². The van der Waals surface area contributed by atoms with Crippen molar-refractivity contribution in [3.63, 3.8) is 0 Å². The van der Waals surface area contributed by atoms with E-state index in [2.05, 4.69) is 15.9 Å². The van der Waals surface area contributed by atoms with Crippen molar-refractivity contribution in [2.24, 2.45) is 0 Å². The molecule has 1 aromatic carbocycles. The summed E-state index contributed by atoms with van der Waals surface area (Å²) in [6, 6.07) is 5.33. The van der Waals surface area contributed by atoms with Gasteiger partial charge in [0.25, 0.3) is 5.91 Å². The number of morpholine rings is 1. The molecule has 2 atom stereocenters. The number of ether oxygens (including phenoxy) is 3. The quantitative estimate of drug-likeness (QED) is 0.776. The normalized spacial score (nSPS) is 22.0. The molecule has 1 heterocycles. The summed E-state index contributed by atoms with van der Waals surface area (Å²) >= 11 is 3.42. The second-order valence-electron chi connectivity index (χ2n) is 4.97. The number of hydrogen-bond acceptors (Lipinski definition) is 4. The number of carbonyl (C=O) groups excluding carboxylic acids is 1. The van der Waals surface area contributed by atoms with Gasteiger partial charge in [0.05, 0.1) is 26.4 Å². The molecule has 0 saturated carbocycles. The molecule has 2 rings (SSSR count). The van der Waals surface area contributed by atoms with Gasteiger partial charge in [-0.15, -0.1) is 0 Å². The lowest BCUT2D eigenvalue weighted by Gasteiger charge is -2.36. The molecule has 0 N–H and O–H groups in total. The Hall–Kier alpha value is -1.27. The van der Waals surface area contributed by atoms with Crippen molar-refractivity contribution in [2.75, 3.05) is 32.6 Å². The van der Waals surface area contributed by atoms with Crippen LogP contribution in [-0.2, 0) is 4.74 Å². The van der Waals surface area contributed by atoms with Crippen molar-refractivity contribution in [3.05, 3.63) is 23.8 Å². The van der Waals surface area contributed by atoms with Crippen LogP contribution in [0.4, 0.5) is 0 Å². The molecule has 1 fully saturated rings. The standard InChI is InChI=1S/C15H20BrNO4/c1-10-8-17(9-11(7-16)21-10)15(18)14-12(19-2)5-4-6-13(14)20-3/h4-6,10-11H,7-9H2,1-3H3. The Morgan fingerprint density at radius 2 is 1.95 bits per heavy atom. The molecule has 1 aliphatic heterocycles. The molecule has 0 bridgehead atoms. The fourth-order valence-electron chi connectivity index (χ4n) is 2.52. The van der Waals surface area contributed by atoms with Gasteiger partial charge in [-0.25, -0.2) is 0 Å². The third-order valence-corrected chi connectivity index (χ3v) is 4.15. The van der Waals surface area contributed by atoms with Crippen molar-refractivity contribution < 1.29 is 19.0 Å². The summed E-state index contributed by atoms with van der Waals surface area (Å²) in [5.74, 6) is 0.952. The van der Waals surface area contributed by atoms with E-state index in [0.29, 0.717) is 35.5 Å². The van der Waals surface area contributed by atoms with Crippen molar-refractivity contribution in [1.82, 2.24) is 4.90 Å². The molecule has 21 heavy (non-hydrogen) atoms. The zero-order valence-electron chi connectivity index (χ0n) is 12.5. The van der Waals surface area contributed by atoms with Gasteiger partial charge in [0.2, 0.25) is 0 Å². The molecule has 5 nitrogen and oxygen atoms in total. The number of halogens is 1. The Morgan fingerprint density at radius 1 is 1.33 bits per heavy atom. The third kappa shape index (κ3) is 3.49. The minimum absolute atomic E-state index is 0.00148. The number of rotatable bonds is 4. The highest BCUT2D eigenvalue weighted by Crippen LogP contribution is 2.30. The monoisotopic (exact) mass is 357 g/mol. The fraction of sp³-hybridized carbons (Fsp3) is 0.533. The Labute approximate surface area is 133 Å². The van der Waals surface area contributed by atoms with E-state index in [1.807, 2.05) is 6.92 Å². The zero-order valence-corrected chi connectivity index (χ0v) is 14.1. The molecular formula is C15H20BrNO4. The Balaban J connectivity index is 2.31. The average molecular weight is 358 g/mol. The molecule has 0 spiro atoms. The number of nitrogens with zero attached hydrogens (tertiary/aromatic N) is 1. The minimum atomic E-state index is -0.0922. The highest BCUT2D eigenvalue weighted by molar-refractivity contribution is 9.09. The first kappa shape index (κ1) is 16.1. The van der Waals surface area contributed by atoms with Gasteiger partial charge < -0.3 is 19.1 Å². The second-order valence-corrected chi connectivity index (χ2v) is 5.62. The Morgan fingerprint density at radius 3 is 2.48 bits per heavy atom. The lowest BCUT2D eigenvalue weighted by Crippen LogP contribution is -2.49. The first-order valence-corrected chi connectivity index (χ1v) is 7.94.